The minimum atomic E-state index is 0.725. The van der Waals surface area contributed by atoms with Crippen LogP contribution in [-0.2, 0) is 0 Å². The van der Waals surface area contributed by atoms with Gasteiger partial charge in [0, 0.05) is 21.9 Å². The van der Waals surface area contributed by atoms with E-state index in [9.17, 15) is 0 Å². The predicted octanol–water partition coefficient (Wildman–Crippen LogP) is 12.3. The lowest BCUT2D eigenvalue weighted by Crippen LogP contribution is -1.96. The zero-order valence-electron chi connectivity index (χ0n) is 26.2. The van der Waals surface area contributed by atoms with E-state index in [1.807, 2.05) is 6.07 Å². The van der Waals surface area contributed by atoms with Crippen molar-refractivity contribution in [2.45, 2.75) is 0 Å². The average molecular weight is 611 g/mol. The Bertz CT molecular complexity index is 2600. The van der Waals surface area contributed by atoms with E-state index in [1.165, 1.54) is 44.0 Å². The van der Waals surface area contributed by atoms with Gasteiger partial charge in [0.15, 0.2) is 5.82 Å². The lowest BCUT2D eigenvalue weighted by Gasteiger charge is -2.12. The predicted molar refractivity (Wildman–Crippen MR) is 202 cm³/mol. The maximum Gasteiger partial charge on any atom is 0.160 e. The molecule has 0 aliphatic rings. The smallest absolute Gasteiger partial charge is 0.160 e. The maximum atomic E-state index is 5.15. The summed E-state index contributed by atoms with van der Waals surface area (Å²) in [5, 5.41) is 5.88. The molecule has 0 aliphatic heterocycles. The lowest BCUT2D eigenvalue weighted by molar-refractivity contribution is 1.23. The van der Waals surface area contributed by atoms with Gasteiger partial charge in [0.05, 0.1) is 11.2 Å². The molecule has 0 saturated carbocycles. The van der Waals surface area contributed by atoms with Crippen LogP contribution < -0.4 is 0 Å². The lowest BCUT2D eigenvalue weighted by atomic mass is 9.95. The van der Waals surface area contributed by atoms with Gasteiger partial charge in [0.1, 0.15) is 0 Å². The van der Waals surface area contributed by atoms with Gasteiger partial charge in [0.2, 0.25) is 0 Å². The summed E-state index contributed by atoms with van der Waals surface area (Å²) >= 11 is 0. The fraction of sp³-hybridized carbons (Fsp3) is 0. The summed E-state index contributed by atoms with van der Waals surface area (Å²) in [5.74, 6) is 0.725. The zero-order valence-corrected chi connectivity index (χ0v) is 26.2. The molecule has 0 unspecified atom stereocenters. The molecular formula is C46H30N2. The molecule has 0 atom stereocenters. The van der Waals surface area contributed by atoms with Gasteiger partial charge in [-0.05, 0) is 73.8 Å². The molecule has 8 aromatic carbocycles. The topological polar surface area (TPSA) is 25.8 Å². The molecule has 9 aromatic rings. The number of benzene rings is 8. The summed E-state index contributed by atoms with van der Waals surface area (Å²) < 4.78 is 0. The second-order valence-electron chi connectivity index (χ2n) is 12.2. The van der Waals surface area contributed by atoms with Gasteiger partial charge in [0.25, 0.3) is 0 Å². The zero-order chi connectivity index (χ0) is 31.9. The standard InChI is InChI=1S/C46H30N2/c1-2-12-34(13-3-1)44-43-27-26-33-11-6-7-19-42(33)45(43)48-46(47-44)35-23-20-32(21-24-35)37-15-8-16-38(28-37)39-17-9-18-40(30-39)41-25-22-31-10-4-5-14-36(31)29-41/h1-30H. The van der Waals surface area contributed by atoms with E-state index in [4.69, 9.17) is 9.97 Å². The monoisotopic (exact) mass is 610 g/mol. The van der Waals surface area contributed by atoms with Crippen molar-refractivity contribution in [1.29, 1.82) is 0 Å². The molecule has 1 aromatic heterocycles. The minimum Gasteiger partial charge on any atom is -0.227 e. The van der Waals surface area contributed by atoms with Gasteiger partial charge in [-0.25, -0.2) is 9.97 Å². The molecule has 9 rings (SSSR count). The molecule has 0 bridgehead atoms. The average Bonchev–Trinajstić information content (AvgIpc) is 3.17. The molecule has 0 aliphatic carbocycles. The van der Waals surface area contributed by atoms with Gasteiger partial charge in [-0.1, -0.05) is 158 Å². The van der Waals surface area contributed by atoms with Crippen molar-refractivity contribution in [3.8, 4) is 56.0 Å². The van der Waals surface area contributed by atoms with E-state index in [0.29, 0.717) is 0 Å². The van der Waals surface area contributed by atoms with Gasteiger partial charge in [-0.2, -0.15) is 0 Å². The number of fused-ring (bicyclic) bond motifs is 4. The largest absolute Gasteiger partial charge is 0.227 e. The Hall–Kier alpha value is -6.38. The van der Waals surface area contributed by atoms with Crippen LogP contribution in [0.5, 0.6) is 0 Å². The highest BCUT2D eigenvalue weighted by Gasteiger charge is 2.14. The first kappa shape index (κ1) is 27.9. The Kier molecular flexibility index (Phi) is 6.84. The second-order valence-corrected chi connectivity index (χ2v) is 12.2. The van der Waals surface area contributed by atoms with Crippen LogP contribution in [-0.4, -0.2) is 9.97 Å². The number of hydrogen-bond donors (Lipinski definition) is 0. The molecule has 0 radical (unpaired) electrons. The molecule has 0 spiro atoms. The summed E-state index contributed by atoms with van der Waals surface area (Å²) in [7, 11) is 0. The Morgan fingerprint density at radius 3 is 1.52 bits per heavy atom. The maximum absolute atomic E-state index is 5.15. The number of hydrogen-bond acceptors (Lipinski definition) is 2. The van der Waals surface area contributed by atoms with Gasteiger partial charge >= 0.3 is 0 Å². The summed E-state index contributed by atoms with van der Waals surface area (Å²) in [6.07, 6.45) is 0. The third-order valence-electron chi connectivity index (χ3n) is 9.26. The highest BCUT2D eigenvalue weighted by atomic mass is 14.9. The number of nitrogens with zero attached hydrogens (tertiary/aromatic N) is 2. The Balaban J connectivity index is 1.07. The highest BCUT2D eigenvalue weighted by molar-refractivity contribution is 6.09. The SMILES string of the molecule is c1ccc(-c2nc(-c3ccc(-c4cccc(-c5cccc(-c6ccc7ccccc7c6)c5)c4)cc3)nc3c2ccc2ccccc23)cc1. The second kappa shape index (κ2) is 11.8. The molecule has 224 valence electrons. The van der Waals surface area contributed by atoms with E-state index >= 15 is 0 Å². The van der Waals surface area contributed by atoms with E-state index in [2.05, 4.69) is 176 Å². The van der Waals surface area contributed by atoms with Crippen molar-refractivity contribution in [2.24, 2.45) is 0 Å². The fourth-order valence-electron chi connectivity index (χ4n) is 6.75. The first-order valence-electron chi connectivity index (χ1n) is 16.3. The van der Waals surface area contributed by atoms with E-state index in [1.54, 1.807) is 0 Å². The summed E-state index contributed by atoms with van der Waals surface area (Å²) in [4.78, 5) is 10.3. The Morgan fingerprint density at radius 1 is 0.271 bits per heavy atom. The molecule has 0 amide bonds. The van der Waals surface area contributed by atoms with Crippen LogP contribution >= 0.6 is 0 Å². The first-order chi connectivity index (χ1) is 23.8. The Labute approximate surface area is 279 Å². The van der Waals surface area contributed by atoms with Crippen molar-refractivity contribution in [1.82, 2.24) is 9.97 Å². The van der Waals surface area contributed by atoms with Crippen molar-refractivity contribution in [3.05, 3.63) is 182 Å². The van der Waals surface area contributed by atoms with E-state index in [-0.39, 0.29) is 0 Å². The van der Waals surface area contributed by atoms with Crippen molar-refractivity contribution in [3.63, 3.8) is 0 Å². The third-order valence-corrected chi connectivity index (χ3v) is 9.26. The first-order valence-corrected chi connectivity index (χ1v) is 16.3. The van der Waals surface area contributed by atoms with Crippen molar-refractivity contribution < 1.29 is 0 Å². The Morgan fingerprint density at radius 2 is 0.792 bits per heavy atom. The molecule has 2 nitrogen and oxygen atoms in total. The summed E-state index contributed by atoms with van der Waals surface area (Å²) in [5.41, 5.74) is 11.1. The van der Waals surface area contributed by atoms with E-state index in [0.717, 1.165) is 44.5 Å². The molecule has 0 saturated heterocycles. The quantitative estimate of drug-likeness (QED) is 0.181. The molecule has 0 fully saturated rings. The van der Waals surface area contributed by atoms with Crippen molar-refractivity contribution in [2.75, 3.05) is 0 Å². The van der Waals surface area contributed by atoms with Gasteiger partial charge < -0.3 is 0 Å². The van der Waals surface area contributed by atoms with Gasteiger partial charge in [-0.15, -0.1) is 0 Å². The number of rotatable bonds is 5. The van der Waals surface area contributed by atoms with Crippen LogP contribution in [0.3, 0.4) is 0 Å². The van der Waals surface area contributed by atoms with Crippen LogP contribution in [0.1, 0.15) is 0 Å². The third kappa shape index (κ3) is 5.10. The van der Waals surface area contributed by atoms with Crippen LogP contribution in [0.25, 0.3) is 88.5 Å². The van der Waals surface area contributed by atoms with E-state index < -0.39 is 0 Å². The fourth-order valence-corrected chi connectivity index (χ4v) is 6.75. The van der Waals surface area contributed by atoms with Crippen LogP contribution in [0.2, 0.25) is 0 Å². The van der Waals surface area contributed by atoms with Crippen LogP contribution in [0.4, 0.5) is 0 Å². The molecule has 1 heterocycles. The molecule has 2 heteroatoms. The normalized spacial score (nSPS) is 11.3. The summed E-state index contributed by atoms with van der Waals surface area (Å²) in [6.45, 7) is 0. The van der Waals surface area contributed by atoms with Crippen LogP contribution in [0.15, 0.2) is 182 Å². The molecule has 48 heavy (non-hydrogen) atoms. The van der Waals surface area contributed by atoms with Crippen LogP contribution in [0, 0.1) is 0 Å². The molecular weight excluding hydrogens is 581 g/mol. The molecule has 0 N–H and O–H groups in total. The van der Waals surface area contributed by atoms with Crippen molar-refractivity contribution >= 4 is 32.4 Å². The highest BCUT2D eigenvalue weighted by Crippen LogP contribution is 2.35. The van der Waals surface area contributed by atoms with Gasteiger partial charge in [-0.3, -0.25) is 0 Å². The summed E-state index contributed by atoms with van der Waals surface area (Å²) in [6, 6.07) is 64.6. The number of aromatic nitrogens is 2. The minimum absolute atomic E-state index is 0.725.